The first-order chi connectivity index (χ1) is 8.01. The summed E-state index contributed by atoms with van der Waals surface area (Å²) in [5.74, 6) is 0. The number of hydrogen-bond acceptors (Lipinski definition) is 6. The van der Waals surface area contributed by atoms with E-state index in [4.69, 9.17) is 27.5 Å². The van der Waals surface area contributed by atoms with Crippen LogP contribution in [0.5, 0.6) is 0 Å². The molecule has 0 aliphatic rings. The fourth-order valence-corrected chi connectivity index (χ4v) is 2.10. The summed E-state index contributed by atoms with van der Waals surface area (Å²) in [6.07, 6.45) is -1.55. The molecule has 0 radical (unpaired) electrons. The van der Waals surface area contributed by atoms with Crippen LogP contribution in [0, 0.1) is 0 Å². The van der Waals surface area contributed by atoms with E-state index in [1.54, 1.807) is 6.55 Å². The molecule has 0 aromatic carbocycles. The van der Waals surface area contributed by atoms with Crippen molar-refractivity contribution in [2.24, 2.45) is 0 Å². The van der Waals surface area contributed by atoms with E-state index < -0.39 is 15.0 Å². The Morgan fingerprint density at radius 1 is 0.824 bits per heavy atom. The highest BCUT2D eigenvalue weighted by molar-refractivity contribution is 6.59. The molecule has 0 spiro atoms. The third-order valence-electron chi connectivity index (χ3n) is 2.02. The van der Waals surface area contributed by atoms with Crippen molar-refractivity contribution in [1.82, 2.24) is 0 Å². The van der Waals surface area contributed by atoms with Gasteiger partial charge in [-0.05, 0) is 20.8 Å². The van der Waals surface area contributed by atoms with Gasteiger partial charge in [-0.2, -0.15) is 0 Å². The lowest BCUT2D eigenvalue weighted by Gasteiger charge is -2.36. The molecule has 0 fully saturated rings. The first-order valence-corrected chi connectivity index (χ1v) is 7.96. The largest absolute Gasteiger partial charge is 0.502 e. The molecule has 0 bridgehead atoms. The zero-order chi connectivity index (χ0) is 13.4. The molecule has 0 aromatic rings. The van der Waals surface area contributed by atoms with Crippen LogP contribution in [0.2, 0.25) is 6.55 Å². The van der Waals surface area contributed by atoms with Gasteiger partial charge < -0.3 is 23.1 Å². The van der Waals surface area contributed by atoms with Gasteiger partial charge in [0.2, 0.25) is 0 Å². The molecule has 104 valence electrons. The molecule has 0 saturated heterocycles. The Balaban J connectivity index is 4.85. The van der Waals surface area contributed by atoms with Gasteiger partial charge in [0.15, 0.2) is 0 Å². The quantitative estimate of drug-likeness (QED) is 0.443. The summed E-state index contributed by atoms with van der Waals surface area (Å²) in [5, 5.41) is 0. The van der Waals surface area contributed by atoms with Gasteiger partial charge in [0.05, 0.1) is 19.8 Å². The summed E-state index contributed by atoms with van der Waals surface area (Å²) in [6, 6.07) is 0. The van der Waals surface area contributed by atoms with Gasteiger partial charge in [-0.25, -0.2) is 0 Å². The summed E-state index contributed by atoms with van der Waals surface area (Å²) >= 11 is 0. The maximum Gasteiger partial charge on any atom is 0.502 e. The predicted molar refractivity (Wildman–Crippen MR) is 64.3 cm³/mol. The van der Waals surface area contributed by atoms with Crippen LogP contribution in [0.25, 0.3) is 0 Å². The molecule has 6 nitrogen and oxygen atoms in total. The van der Waals surface area contributed by atoms with Crippen molar-refractivity contribution >= 4 is 8.80 Å². The van der Waals surface area contributed by atoms with Crippen LogP contribution < -0.4 is 0 Å². The van der Waals surface area contributed by atoms with E-state index in [2.05, 4.69) is 0 Å². The fraction of sp³-hybridized carbons (Fsp3) is 1.00. The molecule has 0 aliphatic heterocycles. The minimum Gasteiger partial charge on any atom is -0.377 e. The summed E-state index contributed by atoms with van der Waals surface area (Å²) in [6.45, 7) is 8.38. The molecule has 0 heterocycles. The molecule has 0 rings (SSSR count). The van der Waals surface area contributed by atoms with Crippen molar-refractivity contribution in [1.29, 1.82) is 0 Å². The predicted octanol–water partition coefficient (Wildman–Crippen LogP) is 1.59. The van der Waals surface area contributed by atoms with E-state index in [1.807, 2.05) is 20.8 Å². The second kappa shape index (κ2) is 8.14. The van der Waals surface area contributed by atoms with E-state index in [-0.39, 0.29) is 0 Å². The molecular formula is C10H24O6Si. The highest BCUT2D eigenvalue weighted by atomic mass is 28.4. The minimum atomic E-state index is -2.82. The van der Waals surface area contributed by atoms with Crippen LogP contribution in [-0.2, 0) is 27.5 Å². The van der Waals surface area contributed by atoms with Crippen LogP contribution in [0.4, 0.5) is 0 Å². The second-order valence-electron chi connectivity index (χ2n) is 3.17. The second-order valence-corrected chi connectivity index (χ2v) is 5.92. The first-order valence-electron chi connectivity index (χ1n) is 5.73. The van der Waals surface area contributed by atoms with Gasteiger partial charge >= 0.3 is 15.0 Å². The molecule has 0 N–H and O–H groups in total. The van der Waals surface area contributed by atoms with Gasteiger partial charge in [0.1, 0.15) is 0 Å². The van der Waals surface area contributed by atoms with Crippen LogP contribution in [0.1, 0.15) is 20.8 Å². The third kappa shape index (κ3) is 5.43. The van der Waals surface area contributed by atoms with Crippen molar-refractivity contribution in [3.05, 3.63) is 0 Å². The van der Waals surface area contributed by atoms with Crippen LogP contribution in [-0.4, -0.2) is 49.0 Å². The third-order valence-corrected chi connectivity index (χ3v) is 4.12. The van der Waals surface area contributed by atoms with Gasteiger partial charge in [0, 0.05) is 20.8 Å². The van der Waals surface area contributed by atoms with E-state index >= 15 is 0 Å². The smallest absolute Gasteiger partial charge is 0.377 e. The molecule has 17 heavy (non-hydrogen) atoms. The normalized spacial score (nSPS) is 13.1. The Morgan fingerprint density at radius 2 is 1.18 bits per heavy atom. The number of hydrogen-bond donors (Lipinski definition) is 0. The van der Waals surface area contributed by atoms with Crippen LogP contribution in [0.15, 0.2) is 0 Å². The van der Waals surface area contributed by atoms with Crippen LogP contribution in [0.3, 0.4) is 0 Å². The summed E-state index contributed by atoms with van der Waals surface area (Å²) in [5.41, 5.74) is 0. The lowest BCUT2D eigenvalue weighted by Crippen LogP contribution is -2.54. The lowest BCUT2D eigenvalue weighted by molar-refractivity contribution is -0.478. The SMILES string of the molecule is CCOC(OCC)(OCC)O[Si](C)(OC)OC. The van der Waals surface area contributed by atoms with Gasteiger partial charge in [-0.15, -0.1) is 0 Å². The lowest BCUT2D eigenvalue weighted by atomic mass is 10.8. The first kappa shape index (κ1) is 17.0. The maximum atomic E-state index is 5.67. The van der Waals surface area contributed by atoms with Crippen molar-refractivity contribution in [3.8, 4) is 0 Å². The molecule has 0 amide bonds. The molecule has 0 atom stereocenters. The zero-order valence-electron chi connectivity index (χ0n) is 11.6. The van der Waals surface area contributed by atoms with E-state index in [9.17, 15) is 0 Å². The monoisotopic (exact) mass is 268 g/mol. The van der Waals surface area contributed by atoms with Gasteiger partial charge in [-0.1, -0.05) is 0 Å². The van der Waals surface area contributed by atoms with Crippen molar-refractivity contribution in [3.63, 3.8) is 0 Å². The van der Waals surface area contributed by atoms with Crippen molar-refractivity contribution in [2.75, 3.05) is 34.0 Å². The fourth-order valence-electron chi connectivity index (χ4n) is 1.14. The Hall–Kier alpha value is -0.0231. The average Bonchev–Trinajstić information content (AvgIpc) is 2.30. The average molecular weight is 268 g/mol. The standard InChI is InChI=1S/C10H24O6Si/c1-7-13-10(14-8-2,15-9-3)16-17(6,11-4)12-5/h7-9H2,1-6H3. The highest BCUT2D eigenvalue weighted by Crippen LogP contribution is 2.23. The van der Waals surface area contributed by atoms with E-state index in [0.717, 1.165) is 0 Å². The summed E-state index contributed by atoms with van der Waals surface area (Å²) in [4.78, 5) is 0. The molecule has 0 aromatic heterocycles. The zero-order valence-corrected chi connectivity index (χ0v) is 12.6. The summed E-state index contributed by atoms with van der Waals surface area (Å²) < 4.78 is 32.4. The Kier molecular flexibility index (Phi) is 8.13. The van der Waals surface area contributed by atoms with Crippen molar-refractivity contribution in [2.45, 2.75) is 33.5 Å². The Morgan fingerprint density at radius 3 is 1.41 bits per heavy atom. The van der Waals surface area contributed by atoms with Crippen molar-refractivity contribution < 1.29 is 27.5 Å². The minimum absolute atomic E-state index is 0.387. The molecule has 0 saturated carbocycles. The Bertz CT molecular complexity index is 180. The molecule has 0 unspecified atom stereocenters. The highest BCUT2D eigenvalue weighted by Gasteiger charge is 2.47. The maximum absolute atomic E-state index is 5.67. The number of rotatable bonds is 10. The van der Waals surface area contributed by atoms with E-state index in [0.29, 0.717) is 19.8 Å². The number of ether oxygens (including phenoxy) is 3. The topological polar surface area (TPSA) is 55.4 Å². The van der Waals surface area contributed by atoms with Gasteiger partial charge in [-0.3, -0.25) is 4.43 Å². The molecule has 7 heteroatoms. The van der Waals surface area contributed by atoms with Crippen LogP contribution >= 0.6 is 0 Å². The summed E-state index contributed by atoms with van der Waals surface area (Å²) in [7, 11) is 0.217. The van der Waals surface area contributed by atoms with E-state index in [1.165, 1.54) is 14.2 Å². The molecular weight excluding hydrogens is 244 g/mol. The molecule has 0 aliphatic carbocycles. The van der Waals surface area contributed by atoms with Gasteiger partial charge in [0.25, 0.3) is 0 Å². The Labute approximate surface area is 104 Å².